The van der Waals surface area contributed by atoms with Gasteiger partial charge in [-0.05, 0) is 26.2 Å². The highest BCUT2D eigenvalue weighted by molar-refractivity contribution is 5.92. The van der Waals surface area contributed by atoms with Crippen LogP contribution in [0.15, 0.2) is 16.8 Å². The van der Waals surface area contributed by atoms with E-state index in [1.54, 1.807) is 6.07 Å². The summed E-state index contributed by atoms with van der Waals surface area (Å²) in [5.41, 5.74) is 1.47. The number of amides is 1. The van der Waals surface area contributed by atoms with E-state index in [0.717, 1.165) is 49.5 Å². The minimum absolute atomic E-state index is 0.0425. The number of carbonyl (C=O) groups is 1. The Morgan fingerprint density at radius 2 is 2.41 bits per heavy atom. The summed E-state index contributed by atoms with van der Waals surface area (Å²) in [7, 11) is 0. The van der Waals surface area contributed by atoms with Crippen molar-refractivity contribution in [1.29, 1.82) is 0 Å². The van der Waals surface area contributed by atoms with E-state index in [0.29, 0.717) is 12.2 Å². The molecule has 1 aliphatic heterocycles. The molecule has 6 nitrogen and oxygen atoms in total. The Bertz CT molecular complexity index is 646. The van der Waals surface area contributed by atoms with E-state index < -0.39 is 0 Å². The van der Waals surface area contributed by atoms with Crippen molar-refractivity contribution in [3.05, 3.63) is 35.2 Å². The highest BCUT2D eigenvalue weighted by Gasteiger charge is 2.28. The minimum atomic E-state index is -0.0425. The highest BCUT2D eigenvalue weighted by Crippen LogP contribution is 2.25. The molecule has 0 spiro atoms. The van der Waals surface area contributed by atoms with Crippen LogP contribution in [-0.4, -0.2) is 39.0 Å². The molecule has 118 valence electrons. The number of likely N-dealkylation sites (tertiary alicyclic amines) is 1. The fourth-order valence-corrected chi connectivity index (χ4v) is 2.97. The van der Waals surface area contributed by atoms with Crippen LogP contribution in [0.25, 0.3) is 0 Å². The van der Waals surface area contributed by atoms with Gasteiger partial charge in [-0.3, -0.25) is 4.79 Å². The van der Waals surface area contributed by atoms with Gasteiger partial charge in [0.15, 0.2) is 5.69 Å². The monoisotopic (exact) mass is 302 g/mol. The first-order valence-electron chi connectivity index (χ1n) is 7.93. The lowest BCUT2D eigenvalue weighted by molar-refractivity contribution is 0.0694. The highest BCUT2D eigenvalue weighted by atomic mass is 16.5. The van der Waals surface area contributed by atoms with Gasteiger partial charge in [-0.1, -0.05) is 12.1 Å². The number of H-pyrrole nitrogens is 1. The molecule has 1 saturated heterocycles. The SMILES string of the molecule is CCCc1cc(C(=O)N2CCCC(c3ncc(C)[nH]3)C2)no1. The van der Waals surface area contributed by atoms with Crippen molar-refractivity contribution in [3.8, 4) is 0 Å². The summed E-state index contributed by atoms with van der Waals surface area (Å²) in [6.07, 6.45) is 5.66. The van der Waals surface area contributed by atoms with Gasteiger partial charge in [0.1, 0.15) is 11.6 Å². The van der Waals surface area contributed by atoms with Gasteiger partial charge >= 0.3 is 0 Å². The van der Waals surface area contributed by atoms with Crippen LogP contribution in [0.2, 0.25) is 0 Å². The number of carbonyl (C=O) groups excluding carboxylic acids is 1. The second-order valence-corrected chi connectivity index (χ2v) is 5.97. The lowest BCUT2D eigenvalue weighted by atomic mass is 9.97. The number of imidazole rings is 1. The number of nitrogens with zero attached hydrogens (tertiary/aromatic N) is 3. The first kappa shape index (κ1) is 14.8. The molecule has 1 amide bonds. The van der Waals surface area contributed by atoms with Gasteiger partial charge < -0.3 is 14.4 Å². The number of nitrogens with one attached hydrogen (secondary N) is 1. The third kappa shape index (κ3) is 3.05. The average molecular weight is 302 g/mol. The van der Waals surface area contributed by atoms with Crippen LogP contribution in [-0.2, 0) is 6.42 Å². The van der Waals surface area contributed by atoms with Crippen molar-refractivity contribution in [2.45, 2.75) is 45.4 Å². The third-order valence-corrected chi connectivity index (χ3v) is 4.09. The smallest absolute Gasteiger partial charge is 0.276 e. The lowest BCUT2D eigenvalue weighted by Gasteiger charge is -2.31. The third-order valence-electron chi connectivity index (χ3n) is 4.09. The normalized spacial score (nSPS) is 18.6. The molecule has 2 aromatic heterocycles. The van der Waals surface area contributed by atoms with Gasteiger partial charge in [-0.25, -0.2) is 4.98 Å². The molecule has 0 aromatic carbocycles. The largest absolute Gasteiger partial charge is 0.361 e. The number of rotatable bonds is 4. The zero-order chi connectivity index (χ0) is 15.5. The lowest BCUT2D eigenvalue weighted by Crippen LogP contribution is -2.39. The summed E-state index contributed by atoms with van der Waals surface area (Å²) in [6.45, 7) is 5.52. The molecule has 1 fully saturated rings. The molecule has 3 rings (SSSR count). The summed E-state index contributed by atoms with van der Waals surface area (Å²) < 4.78 is 5.22. The zero-order valence-electron chi connectivity index (χ0n) is 13.1. The fourth-order valence-electron chi connectivity index (χ4n) is 2.97. The molecule has 3 heterocycles. The number of aromatic nitrogens is 3. The van der Waals surface area contributed by atoms with Gasteiger partial charge in [-0.15, -0.1) is 0 Å². The number of aromatic amines is 1. The Labute approximate surface area is 129 Å². The van der Waals surface area contributed by atoms with Crippen molar-refractivity contribution < 1.29 is 9.32 Å². The molecule has 1 unspecified atom stereocenters. The summed E-state index contributed by atoms with van der Waals surface area (Å²) in [5, 5.41) is 3.92. The molecule has 0 bridgehead atoms. The Hall–Kier alpha value is -2.11. The second kappa shape index (κ2) is 6.34. The summed E-state index contributed by atoms with van der Waals surface area (Å²) in [6, 6.07) is 1.77. The molecular weight excluding hydrogens is 280 g/mol. The first-order chi connectivity index (χ1) is 10.7. The number of piperidine rings is 1. The Balaban J connectivity index is 1.69. The van der Waals surface area contributed by atoms with E-state index in [-0.39, 0.29) is 11.8 Å². The molecular formula is C16H22N4O2. The van der Waals surface area contributed by atoms with E-state index >= 15 is 0 Å². The first-order valence-corrected chi connectivity index (χ1v) is 7.93. The number of hydrogen-bond acceptors (Lipinski definition) is 4. The van der Waals surface area contributed by atoms with Crippen molar-refractivity contribution in [3.63, 3.8) is 0 Å². The Morgan fingerprint density at radius 1 is 1.55 bits per heavy atom. The number of hydrogen-bond donors (Lipinski definition) is 1. The van der Waals surface area contributed by atoms with Gasteiger partial charge in [0, 0.05) is 43.4 Å². The van der Waals surface area contributed by atoms with Crippen molar-refractivity contribution in [2.24, 2.45) is 0 Å². The van der Waals surface area contributed by atoms with E-state index in [1.165, 1.54) is 0 Å². The Morgan fingerprint density at radius 3 is 3.14 bits per heavy atom. The molecule has 1 aliphatic rings. The van der Waals surface area contributed by atoms with Gasteiger partial charge in [-0.2, -0.15) is 0 Å². The molecule has 1 atom stereocenters. The predicted molar refractivity (Wildman–Crippen MR) is 81.7 cm³/mol. The summed E-state index contributed by atoms with van der Waals surface area (Å²) in [4.78, 5) is 22.1. The van der Waals surface area contributed by atoms with Crippen LogP contribution in [0, 0.1) is 6.92 Å². The molecule has 2 aromatic rings. The van der Waals surface area contributed by atoms with Crippen LogP contribution in [0.1, 0.15) is 59.9 Å². The van der Waals surface area contributed by atoms with Crippen LogP contribution in [0.3, 0.4) is 0 Å². The van der Waals surface area contributed by atoms with E-state index in [4.69, 9.17) is 4.52 Å². The average Bonchev–Trinajstić information content (AvgIpc) is 3.16. The quantitative estimate of drug-likeness (QED) is 0.942. The molecule has 1 N–H and O–H groups in total. The number of aryl methyl sites for hydroxylation is 2. The molecule has 22 heavy (non-hydrogen) atoms. The van der Waals surface area contributed by atoms with E-state index in [1.807, 2.05) is 18.0 Å². The molecule has 0 radical (unpaired) electrons. The molecule has 0 aliphatic carbocycles. The van der Waals surface area contributed by atoms with Crippen molar-refractivity contribution >= 4 is 5.91 Å². The predicted octanol–water partition coefficient (Wildman–Crippen LogP) is 2.68. The van der Waals surface area contributed by atoms with Crippen LogP contribution in [0.4, 0.5) is 0 Å². The van der Waals surface area contributed by atoms with E-state index in [9.17, 15) is 4.79 Å². The molecule has 0 saturated carbocycles. The zero-order valence-corrected chi connectivity index (χ0v) is 13.1. The van der Waals surface area contributed by atoms with E-state index in [2.05, 4.69) is 22.0 Å². The van der Waals surface area contributed by atoms with Crippen molar-refractivity contribution in [2.75, 3.05) is 13.1 Å². The topological polar surface area (TPSA) is 75.0 Å². The van der Waals surface area contributed by atoms with Crippen LogP contribution < -0.4 is 0 Å². The summed E-state index contributed by atoms with van der Waals surface area (Å²) in [5.74, 6) is 1.98. The van der Waals surface area contributed by atoms with Gasteiger partial charge in [0.2, 0.25) is 0 Å². The van der Waals surface area contributed by atoms with Gasteiger partial charge in [0.25, 0.3) is 5.91 Å². The molecule has 6 heteroatoms. The van der Waals surface area contributed by atoms with Crippen LogP contribution in [0.5, 0.6) is 0 Å². The minimum Gasteiger partial charge on any atom is -0.361 e. The maximum absolute atomic E-state index is 12.6. The standard InChI is InChI=1S/C16H22N4O2/c1-3-5-13-8-14(19-22-13)16(21)20-7-4-6-12(10-20)15-17-9-11(2)18-15/h8-9,12H,3-7,10H2,1-2H3,(H,17,18). The van der Waals surface area contributed by atoms with Crippen molar-refractivity contribution in [1.82, 2.24) is 20.0 Å². The Kier molecular flexibility index (Phi) is 4.27. The second-order valence-electron chi connectivity index (χ2n) is 5.97. The fraction of sp³-hybridized carbons (Fsp3) is 0.562. The maximum atomic E-state index is 12.6. The van der Waals surface area contributed by atoms with Crippen LogP contribution >= 0.6 is 0 Å². The van der Waals surface area contributed by atoms with Gasteiger partial charge in [0.05, 0.1) is 0 Å². The summed E-state index contributed by atoms with van der Waals surface area (Å²) >= 11 is 0. The maximum Gasteiger partial charge on any atom is 0.276 e.